The molecular weight excluding hydrogens is 757 g/mol. The minimum Gasteiger partial charge on any atom is -0.417 e. The molecule has 10 heterocycles. The summed E-state index contributed by atoms with van der Waals surface area (Å²) in [5.74, 6) is 0.392. The number of hydrogen-bond donors (Lipinski definition) is 0. The van der Waals surface area contributed by atoms with Gasteiger partial charge in [-0.25, -0.2) is 0 Å². The molecule has 19 atom stereocenters. The number of fused-ring (bicyclic) bond motifs is 6. The third kappa shape index (κ3) is 8.05. The van der Waals surface area contributed by atoms with Gasteiger partial charge in [-0.05, 0) is 92.3 Å². The summed E-state index contributed by atoms with van der Waals surface area (Å²) < 4.78 is 61.0. The van der Waals surface area contributed by atoms with Crippen LogP contribution >= 0.6 is 0 Å². The van der Waals surface area contributed by atoms with Gasteiger partial charge in [-0.2, -0.15) is 0 Å². The summed E-state index contributed by atoms with van der Waals surface area (Å²) in [6, 6.07) is 0. The largest absolute Gasteiger partial charge is 0.417 e. The van der Waals surface area contributed by atoms with Gasteiger partial charge in [0.25, 0.3) is 0 Å². The summed E-state index contributed by atoms with van der Waals surface area (Å²) in [7, 11) is -1.89. The molecule has 10 fully saturated rings. The highest BCUT2D eigenvalue weighted by atomic mass is 28.4. The van der Waals surface area contributed by atoms with Crippen molar-refractivity contribution in [1.29, 1.82) is 0 Å². The molecule has 1 spiro atoms. The summed E-state index contributed by atoms with van der Waals surface area (Å²) in [5, 5.41) is 0.150. The van der Waals surface area contributed by atoms with Crippen LogP contribution in [-0.4, -0.2) is 118 Å². The third-order valence-corrected chi connectivity index (χ3v) is 20.9. The first-order valence-corrected chi connectivity index (χ1v) is 26.0. The second-order valence-electron chi connectivity index (χ2n) is 21.7. The normalized spacial score (nSPS) is 48.8. The number of carbonyl (C=O) groups is 2. The molecule has 0 amide bonds. The molecule has 10 saturated heterocycles. The van der Waals surface area contributed by atoms with Crippen molar-refractivity contribution in [3.8, 4) is 0 Å². The fraction of sp³-hybridized carbons (Fsp3) is 0.913. The Hall–Kier alpha value is -1.06. The van der Waals surface area contributed by atoms with Crippen LogP contribution in [-0.2, 0) is 51.9 Å². The van der Waals surface area contributed by atoms with Gasteiger partial charge < -0.3 is 42.3 Å². The molecule has 5 unspecified atom stereocenters. The van der Waals surface area contributed by atoms with Crippen LogP contribution in [0.2, 0.25) is 18.1 Å². The lowest BCUT2D eigenvalue weighted by molar-refractivity contribution is -0.292. The molecule has 10 rings (SSSR count). The number of hydrogen-bond acceptors (Lipinski definition) is 11. The SMILES string of the molecule is C=C1[C@H](C)C[C@@H]2CCC3OC(CC[C@@]45C[C@H]6O[C@H]7C(O4)[C@H]4O[C@H](CC[C@@H]4O[C@H]7[C@H]6O5)CC(=O)CC4C(C[C@H]1O2)O[C@H](C[C@H](C)CO[Si](C)(C)C(C)(C)C)[C@@H]4C)CC3=O. The highest BCUT2D eigenvalue weighted by molar-refractivity contribution is 6.74. The van der Waals surface area contributed by atoms with E-state index in [1.807, 2.05) is 0 Å². The van der Waals surface area contributed by atoms with Gasteiger partial charge in [-0.1, -0.05) is 48.1 Å². The standard InChI is InChI=1S/C46H72O11Si/c1-24(23-49-58(8,9)45(5,6)7)16-36-27(4)32-19-28(47)18-30-11-13-35-40(52-30)44-43-42(54-35)41-39(55-43)22-46(56-41,57-44)15-14-31-20-33(48)34(50-31)12-10-29-17-25(2)26(3)37(51-29)21-38(32)53-36/h24-25,27,29-32,34-44H,3,10-23H2,1-2,4-9H3/t24-,25+,27+,29-,30+,31?,32?,34?,35-,36+,37+,38?,39+,40-,41-,42-,43+,44?,46-/m0/s1. The molecular formula is C46H72O11Si. The van der Waals surface area contributed by atoms with Crippen molar-refractivity contribution in [2.24, 2.45) is 23.7 Å². The molecule has 11 nitrogen and oxygen atoms in total. The van der Waals surface area contributed by atoms with E-state index in [1.165, 1.54) is 0 Å². The summed E-state index contributed by atoms with van der Waals surface area (Å²) >= 11 is 0. The highest BCUT2D eigenvalue weighted by Crippen LogP contribution is 2.54. The zero-order chi connectivity index (χ0) is 40.9. The van der Waals surface area contributed by atoms with Crippen molar-refractivity contribution >= 4 is 19.9 Å². The Morgan fingerprint density at radius 1 is 0.759 bits per heavy atom. The van der Waals surface area contributed by atoms with Gasteiger partial charge in [0.2, 0.25) is 0 Å². The molecule has 58 heavy (non-hydrogen) atoms. The van der Waals surface area contributed by atoms with Gasteiger partial charge in [0.1, 0.15) is 42.4 Å². The third-order valence-electron chi connectivity index (χ3n) is 16.4. The van der Waals surface area contributed by atoms with Crippen LogP contribution in [0.3, 0.4) is 0 Å². The molecule has 0 N–H and O–H groups in total. The van der Waals surface area contributed by atoms with Crippen LogP contribution in [0.25, 0.3) is 0 Å². The molecule has 0 radical (unpaired) electrons. The van der Waals surface area contributed by atoms with Crippen molar-refractivity contribution in [2.45, 2.75) is 234 Å². The number of rotatable bonds is 5. The van der Waals surface area contributed by atoms with E-state index in [0.29, 0.717) is 63.9 Å². The summed E-state index contributed by atoms with van der Waals surface area (Å²) in [4.78, 5) is 27.6. The Labute approximate surface area is 347 Å². The lowest BCUT2D eigenvalue weighted by Gasteiger charge is -2.47. The first-order valence-electron chi connectivity index (χ1n) is 23.1. The maximum absolute atomic E-state index is 14.3. The molecule has 0 saturated carbocycles. The van der Waals surface area contributed by atoms with Crippen molar-refractivity contribution in [1.82, 2.24) is 0 Å². The molecule has 12 bridgehead atoms. The van der Waals surface area contributed by atoms with Gasteiger partial charge >= 0.3 is 0 Å². The first kappa shape index (κ1) is 42.2. The Kier molecular flexibility index (Phi) is 11.6. The molecule has 0 aromatic rings. The average molecular weight is 829 g/mol. The van der Waals surface area contributed by atoms with Crippen LogP contribution in [0.15, 0.2) is 12.2 Å². The van der Waals surface area contributed by atoms with Crippen molar-refractivity contribution < 1.29 is 51.9 Å². The van der Waals surface area contributed by atoms with E-state index in [9.17, 15) is 9.59 Å². The quantitative estimate of drug-likeness (QED) is 0.204. The highest BCUT2D eigenvalue weighted by Gasteiger charge is 2.69. The Morgan fingerprint density at radius 3 is 2.26 bits per heavy atom. The van der Waals surface area contributed by atoms with Gasteiger partial charge in [0.05, 0.1) is 48.8 Å². The van der Waals surface area contributed by atoms with Crippen molar-refractivity contribution in [2.75, 3.05) is 6.61 Å². The van der Waals surface area contributed by atoms with E-state index < -0.39 is 20.2 Å². The van der Waals surface area contributed by atoms with Crippen molar-refractivity contribution in [3.05, 3.63) is 12.2 Å². The average Bonchev–Trinajstić information content (AvgIpc) is 3.82. The van der Waals surface area contributed by atoms with Crippen LogP contribution < -0.4 is 0 Å². The predicted octanol–water partition coefficient (Wildman–Crippen LogP) is 7.41. The Bertz CT molecular complexity index is 1560. The molecule has 0 aliphatic carbocycles. The van der Waals surface area contributed by atoms with Crippen LogP contribution in [0.4, 0.5) is 0 Å². The van der Waals surface area contributed by atoms with Gasteiger partial charge in [0, 0.05) is 45.1 Å². The van der Waals surface area contributed by atoms with E-state index in [1.54, 1.807) is 0 Å². The first-order chi connectivity index (χ1) is 27.5. The van der Waals surface area contributed by atoms with E-state index in [-0.39, 0.29) is 114 Å². The van der Waals surface area contributed by atoms with Crippen molar-refractivity contribution in [3.63, 3.8) is 0 Å². The fourth-order valence-electron chi connectivity index (χ4n) is 11.8. The minimum absolute atomic E-state index is 0.00333. The van der Waals surface area contributed by atoms with Gasteiger partial charge in [0.15, 0.2) is 19.9 Å². The lowest BCUT2D eigenvalue weighted by atomic mass is 9.78. The summed E-state index contributed by atoms with van der Waals surface area (Å²) in [5.41, 5.74) is 1.10. The maximum Gasteiger partial charge on any atom is 0.191 e. The van der Waals surface area contributed by atoms with Crippen LogP contribution in [0.5, 0.6) is 0 Å². The predicted molar refractivity (Wildman–Crippen MR) is 218 cm³/mol. The number of Topliss-reactive ketones (excluding diaryl/α,β-unsaturated/α-hetero) is 2. The zero-order valence-corrected chi connectivity index (χ0v) is 37.5. The molecule has 10 aliphatic heterocycles. The second kappa shape index (κ2) is 15.9. The molecule has 0 aromatic carbocycles. The lowest BCUT2D eigenvalue weighted by Crippen LogP contribution is -2.61. The monoisotopic (exact) mass is 828 g/mol. The molecule has 0 aromatic heterocycles. The topological polar surface area (TPSA) is 117 Å². The van der Waals surface area contributed by atoms with E-state index in [4.69, 9.17) is 42.3 Å². The number of ketones is 2. The van der Waals surface area contributed by atoms with Gasteiger partial charge in [-0.3, -0.25) is 9.59 Å². The van der Waals surface area contributed by atoms with Crippen LogP contribution in [0.1, 0.15) is 125 Å². The molecule has 326 valence electrons. The van der Waals surface area contributed by atoms with E-state index in [0.717, 1.165) is 37.7 Å². The Morgan fingerprint density at radius 2 is 1.47 bits per heavy atom. The molecule has 12 heteroatoms. The molecule has 10 aliphatic rings. The fourth-order valence-corrected chi connectivity index (χ4v) is 12.9. The second-order valence-corrected chi connectivity index (χ2v) is 26.5. The number of ether oxygens (including phenoxy) is 8. The smallest absolute Gasteiger partial charge is 0.191 e. The maximum atomic E-state index is 14.3. The van der Waals surface area contributed by atoms with E-state index in [2.05, 4.69) is 61.2 Å². The summed E-state index contributed by atoms with van der Waals surface area (Å²) in [6.07, 6.45) is 5.81. The zero-order valence-electron chi connectivity index (χ0n) is 36.5. The number of carbonyl (C=O) groups excluding carboxylic acids is 2. The van der Waals surface area contributed by atoms with E-state index >= 15 is 0 Å². The minimum atomic E-state index is -1.89. The Balaban J connectivity index is 0.953. The van der Waals surface area contributed by atoms with Gasteiger partial charge in [-0.15, -0.1) is 0 Å². The summed E-state index contributed by atoms with van der Waals surface area (Å²) in [6.45, 7) is 23.5. The van der Waals surface area contributed by atoms with Crippen LogP contribution in [0, 0.1) is 23.7 Å².